The molecule has 0 aliphatic carbocycles. The molecule has 0 aliphatic heterocycles. The maximum Gasteiger partial charge on any atom is 0.272 e. The van der Waals surface area contributed by atoms with Gasteiger partial charge in [0.15, 0.2) is 0 Å². The summed E-state index contributed by atoms with van der Waals surface area (Å²) < 4.78 is 0. The van der Waals surface area contributed by atoms with Gasteiger partial charge < -0.3 is 16.0 Å². The molecule has 0 radical (unpaired) electrons. The van der Waals surface area contributed by atoms with Crippen LogP contribution in [-0.2, 0) is 9.59 Å². The van der Waals surface area contributed by atoms with E-state index in [0.29, 0.717) is 37.6 Å². The van der Waals surface area contributed by atoms with E-state index in [0.717, 1.165) is 4.90 Å². The molecular formula is C30H22Cl3N3O3S. The zero-order valence-corrected chi connectivity index (χ0v) is 23.9. The number of rotatable bonds is 9. The van der Waals surface area contributed by atoms with Gasteiger partial charge in [0.2, 0.25) is 5.91 Å². The lowest BCUT2D eigenvalue weighted by Crippen LogP contribution is -2.30. The van der Waals surface area contributed by atoms with Gasteiger partial charge in [-0.2, -0.15) is 0 Å². The van der Waals surface area contributed by atoms with Gasteiger partial charge >= 0.3 is 0 Å². The molecule has 3 amide bonds. The average Bonchev–Trinajstić information content (AvgIpc) is 2.94. The minimum Gasteiger partial charge on any atom is -0.324 e. The van der Waals surface area contributed by atoms with E-state index >= 15 is 0 Å². The molecule has 0 saturated heterocycles. The summed E-state index contributed by atoms with van der Waals surface area (Å²) in [6.45, 7) is 0. The Balaban J connectivity index is 1.40. The first-order valence-corrected chi connectivity index (χ1v) is 14.0. The molecule has 0 fully saturated rings. The number of nitrogens with one attached hydrogen (secondary N) is 3. The number of hydrogen-bond acceptors (Lipinski definition) is 4. The molecule has 4 aromatic carbocycles. The van der Waals surface area contributed by atoms with E-state index in [1.54, 1.807) is 103 Å². The fourth-order valence-electron chi connectivity index (χ4n) is 3.46. The Labute approximate surface area is 250 Å². The predicted octanol–water partition coefficient (Wildman–Crippen LogP) is 7.79. The van der Waals surface area contributed by atoms with Crippen LogP contribution in [-0.4, -0.2) is 23.5 Å². The highest BCUT2D eigenvalue weighted by atomic mass is 35.5. The standard InChI is InChI=1S/C30H22Cl3N3O3S/c31-21-8-4-5-19(15-21)16-27(36-29(38)20-6-2-1-3-7-20)30(39)34-23-10-12-24(13-11-23)40-18-28(37)35-26-14-9-22(32)17-25(26)33/h1-17H,18H2,(H,34,39)(H,35,37)(H,36,38)/b27-16-. The van der Waals surface area contributed by atoms with Crippen LogP contribution in [0.15, 0.2) is 108 Å². The van der Waals surface area contributed by atoms with E-state index in [2.05, 4.69) is 16.0 Å². The fraction of sp³-hybridized carbons (Fsp3) is 0.0333. The molecule has 0 atom stereocenters. The first-order chi connectivity index (χ1) is 19.3. The van der Waals surface area contributed by atoms with Crippen LogP contribution in [0, 0.1) is 0 Å². The van der Waals surface area contributed by atoms with Crippen molar-refractivity contribution in [3.63, 3.8) is 0 Å². The Bertz CT molecular complexity index is 1560. The van der Waals surface area contributed by atoms with Gasteiger partial charge in [-0.25, -0.2) is 0 Å². The lowest BCUT2D eigenvalue weighted by atomic mass is 10.1. The summed E-state index contributed by atoms with van der Waals surface area (Å²) in [6, 6.07) is 27.4. The average molecular weight is 611 g/mol. The molecule has 3 N–H and O–H groups in total. The number of thioether (sulfide) groups is 1. The van der Waals surface area contributed by atoms with Crippen molar-refractivity contribution in [1.82, 2.24) is 5.32 Å². The lowest BCUT2D eigenvalue weighted by molar-refractivity contribution is -0.114. The number of anilines is 2. The number of carbonyl (C=O) groups is 3. The molecular weight excluding hydrogens is 589 g/mol. The van der Waals surface area contributed by atoms with E-state index in [1.807, 2.05) is 0 Å². The molecule has 202 valence electrons. The van der Waals surface area contributed by atoms with Crippen LogP contribution >= 0.6 is 46.6 Å². The fourth-order valence-corrected chi connectivity index (χ4v) is 4.82. The van der Waals surface area contributed by atoms with Crippen LogP contribution in [0.3, 0.4) is 0 Å². The zero-order chi connectivity index (χ0) is 28.5. The van der Waals surface area contributed by atoms with Crippen LogP contribution in [0.5, 0.6) is 0 Å². The van der Waals surface area contributed by atoms with Gasteiger partial charge in [0.1, 0.15) is 5.70 Å². The number of halogens is 3. The molecule has 0 spiro atoms. The summed E-state index contributed by atoms with van der Waals surface area (Å²) in [4.78, 5) is 39.1. The molecule has 6 nitrogen and oxygen atoms in total. The molecule has 0 unspecified atom stereocenters. The van der Waals surface area contributed by atoms with Gasteiger partial charge in [-0.3, -0.25) is 14.4 Å². The summed E-state index contributed by atoms with van der Waals surface area (Å²) in [5, 5.41) is 9.59. The second-order valence-corrected chi connectivity index (χ2v) is 10.7. The number of carbonyl (C=O) groups excluding carboxylic acids is 3. The Kier molecular flexibility index (Phi) is 10.3. The van der Waals surface area contributed by atoms with Crippen LogP contribution in [0.1, 0.15) is 15.9 Å². The van der Waals surface area contributed by atoms with Crippen LogP contribution < -0.4 is 16.0 Å². The number of hydrogen-bond donors (Lipinski definition) is 3. The lowest BCUT2D eigenvalue weighted by Gasteiger charge is -2.12. The first kappa shape index (κ1) is 29.2. The van der Waals surface area contributed by atoms with Gasteiger partial charge in [0, 0.05) is 26.2 Å². The highest BCUT2D eigenvalue weighted by Gasteiger charge is 2.15. The van der Waals surface area contributed by atoms with Crippen LogP contribution in [0.4, 0.5) is 11.4 Å². The Morgan fingerprint density at radius 3 is 2.17 bits per heavy atom. The molecule has 0 saturated carbocycles. The summed E-state index contributed by atoms with van der Waals surface area (Å²) in [5.41, 5.74) is 2.10. The normalized spacial score (nSPS) is 11.0. The van der Waals surface area contributed by atoms with Crippen molar-refractivity contribution in [2.75, 3.05) is 16.4 Å². The quantitative estimate of drug-likeness (QED) is 0.133. The third kappa shape index (κ3) is 8.63. The van der Waals surface area contributed by atoms with Gasteiger partial charge in [-0.1, -0.05) is 65.1 Å². The van der Waals surface area contributed by atoms with E-state index in [-0.39, 0.29) is 17.4 Å². The third-order valence-corrected chi connectivity index (χ3v) is 7.17. The molecule has 40 heavy (non-hydrogen) atoms. The molecule has 0 bridgehead atoms. The van der Waals surface area contributed by atoms with Crippen molar-refractivity contribution in [1.29, 1.82) is 0 Å². The molecule has 0 aliphatic rings. The molecule has 4 aromatic rings. The Morgan fingerprint density at radius 1 is 0.750 bits per heavy atom. The number of amides is 3. The summed E-state index contributed by atoms with van der Waals surface area (Å²) in [7, 11) is 0. The van der Waals surface area contributed by atoms with Gasteiger partial charge in [0.05, 0.1) is 16.5 Å². The molecule has 10 heteroatoms. The maximum atomic E-state index is 13.2. The molecule has 0 aromatic heterocycles. The second kappa shape index (κ2) is 14.1. The SMILES string of the molecule is O=C(CSc1ccc(NC(=O)/C(=C/c2cccc(Cl)c2)NC(=O)c2ccccc2)cc1)Nc1ccc(Cl)cc1Cl. The van der Waals surface area contributed by atoms with Crippen LogP contribution in [0.25, 0.3) is 6.08 Å². The second-order valence-electron chi connectivity index (χ2n) is 8.37. The zero-order valence-electron chi connectivity index (χ0n) is 20.8. The monoisotopic (exact) mass is 609 g/mol. The van der Waals surface area contributed by atoms with Gasteiger partial charge in [0.25, 0.3) is 11.8 Å². The smallest absolute Gasteiger partial charge is 0.272 e. The van der Waals surface area contributed by atoms with Crippen molar-refractivity contribution in [3.05, 3.63) is 129 Å². The summed E-state index contributed by atoms with van der Waals surface area (Å²) >= 11 is 19.4. The van der Waals surface area contributed by atoms with Crippen molar-refractivity contribution in [2.45, 2.75) is 4.90 Å². The minimum absolute atomic E-state index is 0.0482. The Morgan fingerprint density at radius 2 is 1.48 bits per heavy atom. The largest absolute Gasteiger partial charge is 0.324 e. The molecule has 4 rings (SSSR count). The minimum atomic E-state index is -0.510. The van der Waals surface area contributed by atoms with E-state index in [4.69, 9.17) is 34.8 Å². The van der Waals surface area contributed by atoms with Gasteiger partial charge in [-0.15, -0.1) is 11.8 Å². The van der Waals surface area contributed by atoms with E-state index in [1.165, 1.54) is 11.8 Å². The third-order valence-electron chi connectivity index (χ3n) is 5.38. The van der Waals surface area contributed by atoms with Gasteiger partial charge in [-0.05, 0) is 78.4 Å². The number of benzene rings is 4. The highest BCUT2D eigenvalue weighted by Crippen LogP contribution is 2.26. The van der Waals surface area contributed by atoms with E-state index < -0.39 is 11.8 Å². The predicted molar refractivity (Wildman–Crippen MR) is 164 cm³/mol. The Hall–Kier alpha value is -3.75. The van der Waals surface area contributed by atoms with Crippen LogP contribution in [0.2, 0.25) is 15.1 Å². The van der Waals surface area contributed by atoms with E-state index in [9.17, 15) is 14.4 Å². The maximum absolute atomic E-state index is 13.2. The summed E-state index contributed by atoms with van der Waals surface area (Å²) in [6.07, 6.45) is 1.55. The van der Waals surface area contributed by atoms with Crippen molar-refractivity contribution in [3.8, 4) is 0 Å². The topological polar surface area (TPSA) is 87.3 Å². The van der Waals surface area contributed by atoms with Crippen molar-refractivity contribution in [2.24, 2.45) is 0 Å². The summed E-state index contributed by atoms with van der Waals surface area (Å²) in [5.74, 6) is -1.00. The van der Waals surface area contributed by atoms with Crippen molar-refractivity contribution < 1.29 is 14.4 Å². The molecule has 0 heterocycles. The highest BCUT2D eigenvalue weighted by molar-refractivity contribution is 8.00. The van der Waals surface area contributed by atoms with Crippen molar-refractivity contribution >= 4 is 81.7 Å². The first-order valence-electron chi connectivity index (χ1n) is 11.9.